The Hall–Kier alpha value is -1.19. The lowest BCUT2D eigenvalue weighted by Crippen LogP contribution is -1.98. The molecule has 0 saturated carbocycles. The summed E-state index contributed by atoms with van der Waals surface area (Å²) in [5, 5.41) is 10.4. The van der Waals surface area contributed by atoms with Crippen molar-refractivity contribution < 1.29 is 9.90 Å². The predicted molar refractivity (Wildman–Crippen MR) is 59.7 cm³/mol. The van der Waals surface area contributed by atoms with Crippen molar-refractivity contribution in [1.29, 1.82) is 0 Å². The number of H-pyrrole nitrogens is 1. The lowest BCUT2D eigenvalue weighted by molar-refractivity contribution is -0.136. The zero-order valence-electron chi connectivity index (χ0n) is 7.55. The number of carboxylic acids is 1. The maximum Gasteiger partial charge on any atom is 0.307 e. The van der Waals surface area contributed by atoms with Crippen LogP contribution in [-0.2, 0) is 11.2 Å². The van der Waals surface area contributed by atoms with E-state index in [9.17, 15) is 4.79 Å². The number of benzene rings is 1. The molecule has 2 N–H and O–H groups in total. The van der Waals surface area contributed by atoms with E-state index in [4.69, 9.17) is 28.3 Å². The molecule has 0 spiro atoms. The Kier molecular flexibility index (Phi) is 2.59. The number of carbonyl (C=O) groups is 1. The number of hydrogen-bond donors (Lipinski definition) is 2. The summed E-state index contributed by atoms with van der Waals surface area (Å²) in [5.41, 5.74) is 1.50. The molecule has 0 amide bonds. The van der Waals surface area contributed by atoms with Gasteiger partial charge in [-0.25, -0.2) is 0 Å². The van der Waals surface area contributed by atoms with Gasteiger partial charge >= 0.3 is 5.97 Å². The van der Waals surface area contributed by atoms with E-state index in [2.05, 4.69) is 4.98 Å². The summed E-state index contributed by atoms with van der Waals surface area (Å²) < 4.78 is 0. The van der Waals surface area contributed by atoms with Crippen LogP contribution in [0.5, 0.6) is 0 Å². The molecule has 0 aliphatic rings. The first-order valence-electron chi connectivity index (χ1n) is 4.24. The van der Waals surface area contributed by atoms with Gasteiger partial charge in [-0.05, 0) is 17.7 Å². The summed E-state index contributed by atoms with van der Waals surface area (Å²) in [6, 6.07) is 3.36. The average Bonchev–Trinajstić information content (AvgIpc) is 2.49. The summed E-state index contributed by atoms with van der Waals surface area (Å²) in [5.74, 6) is -0.873. The lowest BCUT2D eigenvalue weighted by Gasteiger charge is -1.98. The van der Waals surface area contributed by atoms with Crippen molar-refractivity contribution in [2.45, 2.75) is 6.42 Å². The number of fused-ring (bicyclic) bond motifs is 1. The van der Waals surface area contributed by atoms with Gasteiger partial charge in [0.1, 0.15) is 0 Å². The molecule has 3 nitrogen and oxygen atoms in total. The van der Waals surface area contributed by atoms with Gasteiger partial charge in [0.05, 0.1) is 16.5 Å². The molecular weight excluding hydrogens is 237 g/mol. The van der Waals surface area contributed by atoms with E-state index in [-0.39, 0.29) is 6.42 Å². The minimum absolute atomic E-state index is 0.0298. The van der Waals surface area contributed by atoms with Crippen molar-refractivity contribution in [3.8, 4) is 0 Å². The van der Waals surface area contributed by atoms with Gasteiger partial charge in [-0.3, -0.25) is 4.79 Å². The Morgan fingerprint density at radius 1 is 1.33 bits per heavy atom. The predicted octanol–water partition coefficient (Wildman–Crippen LogP) is 3.10. The number of aromatic nitrogens is 1. The van der Waals surface area contributed by atoms with Gasteiger partial charge in [-0.15, -0.1) is 0 Å². The fraction of sp³-hybridized carbons (Fsp3) is 0.100. The van der Waals surface area contributed by atoms with E-state index < -0.39 is 5.97 Å². The van der Waals surface area contributed by atoms with Crippen LogP contribution in [-0.4, -0.2) is 16.1 Å². The second kappa shape index (κ2) is 3.76. The molecule has 2 aromatic rings. The number of aromatic amines is 1. The molecule has 0 bridgehead atoms. The van der Waals surface area contributed by atoms with Crippen molar-refractivity contribution >= 4 is 40.1 Å². The number of carboxylic acid groups (broad SMARTS) is 1. The molecule has 0 aliphatic heterocycles. The van der Waals surface area contributed by atoms with Crippen LogP contribution in [0, 0.1) is 0 Å². The third-order valence-electron chi connectivity index (χ3n) is 2.15. The molecule has 2 rings (SSSR count). The second-order valence-corrected chi connectivity index (χ2v) is 4.01. The molecule has 5 heteroatoms. The van der Waals surface area contributed by atoms with Crippen LogP contribution in [0.1, 0.15) is 5.56 Å². The van der Waals surface area contributed by atoms with Crippen LogP contribution in [0.4, 0.5) is 0 Å². The van der Waals surface area contributed by atoms with E-state index in [0.29, 0.717) is 15.6 Å². The molecule has 0 fully saturated rings. The SMILES string of the molecule is O=C(O)Cc1c[nH]c2cc(Cl)c(Cl)cc12. The largest absolute Gasteiger partial charge is 0.481 e. The van der Waals surface area contributed by atoms with E-state index in [1.54, 1.807) is 18.3 Å². The molecule has 0 unspecified atom stereocenters. The van der Waals surface area contributed by atoms with Gasteiger partial charge in [0.2, 0.25) is 0 Å². The number of nitrogens with one attached hydrogen (secondary N) is 1. The summed E-state index contributed by atoms with van der Waals surface area (Å²) in [6.45, 7) is 0. The Morgan fingerprint density at radius 3 is 2.67 bits per heavy atom. The topological polar surface area (TPSA) is 53.1 Å². The Morgan fingerprint density at radius 2 is 2.00 bits per heavy atom. The normalized spacial score (nSPS) is 10.8. The zero-order chi connectivity index (χ0) is 11.0. The van der Waals surface area contributed by atoms with Crippen LogP contribution in [0.3, 0.4) is 0 Å². The third-order valence-corrected chi connectivity index (χ3v) is 2.87. The van der Waals surface area contributed by atoms with E-state index >= 15 is 0 Å². The highest BCUT2D eigenvalue weighted by molar-refractivity contribution is 6.42. The van der Waals surface area contributed by atoms with E-state index in [1.165, 1.54) is 0 Å². The van der Waals surface area contributed by atoms with Crippen LogP contribution < -0.4 is 0 Å². The first-order chi connectivity index (χ1) is 7.08. The number of aliphatic carboxylic acids is 1. The summed E-state index contributed by atoms with van der Waals surface area (Å²) in [7, 11) is 0. The minimum Gasteiger partial charge on any atom is -0.481 e. The standard InChI is InChI=1S/C10H7Cl2NO2/c11-7-2-6-5(1-10(14)15)4-13-9(6)3-8(7)12/h2-4,13H,1H2,(H,14,15). The van der Waals surface area contributed by atoms with Crippen LogP contribution in [0.15, 0.2) is 18.3 Å². The fourth-order valence-corrected chi connectivity index (χ4v) is 1.81. The van der Waals surface area contributed by atoms with Crippen LogP contribution in [0.25, 0.3) is 10.9 Å². The molecule has 0 saturated heterocycles. The zero-order valence-corrected chi connectivity index (χ0v) is 9.06. The number of halogens is 2. The van der Waals surface area contributed by atoms with Gasteiger partial charge < -0.3 is 10.1 Å². The summed E-state index contributed by atoms with van der Waals surface area (Å²) in [6.07, 6.45) is 1.63. The first-order valence-corrected chi connectivity index (χ1v) is 5.00. The molecular formula is C10H7Cl2NO2. The Bertz CT molecular complexity index is 533. The lowest BCUT2D eigenvalue weighted by atomic mass is 10.1. The fourth-order valence-electron chi connectivity index (χ4n) is 1.48. The highest BCUT2D eigenvalue weighted by atomic mass is 35.5. The van der Waals surface area contributed by atoms with Crippen molar-refractivity contribution in [3.05, 3.63) is 33.9 Å². The van der Waals surface area contributed by atoms with Crippen LogP contribution >= 0.6 is 23.2 Å². The highest BCUT2D eigenvalue weighted by Gasteiger charge is 2.09. The Balaban J connectivity index is 2.59. The Labute approximate surface area is 95.6 Å². The summed E-state index contributed by atoms with van der Waals surface area (Å²) in [4.78, 5) is 13.5. The number of hydrogen-bond acceptors (Lipinski definition) is 1. The van der Waals surface area contributed by atoms with E-state index in [0.717, 1.165) is 10.9 Å². The minimum atomic E-state index is -0.873. The molecule has 78 valence electrons. The van der Waals surface area contributed by atoms with Crippen molar-refractivity contribution in [1.82, 2.24) is 4.98 Å². The van der Waals surface area contributed by atoms with Crippen molar-refractivity contribution in [3.63, 3.8) is 0 Å². The van der Waals surface area contributed by atoms with Crippen molar-refractivity contribution in [2.24, 2.45) is 0 Å². The molecule has 0 aliphatic carbocycles. The van der Waals surface area contributed by atoms with Gasteiger partial charge in [-0.1, -0.05) is 23.2 Å². The van der Waals surface area contributed by atoms with Gasteiger partial charge in [0, 0.05) is 17.1 Å². The van der Waals surface area contributed by atoms with Crippen molar-refractivity contribution in [2.75, 3.05) is 0 Å². The third kappa shape index (κ3) is 1.94. The quantitative estimate of drug-likeness (QED) is 0.852. The molecule has 0 atom stereocenters. The summed E-state index contributed by atoms with van der Waals surface area (Å²) >= 11 is 11.7. The molecule has 0 radical (unpaired) electrons. The maximum absolute atomic E-state index is 10.6. The van der Waals surface area contributed by atoms with Gasteiger partial charge in [-0.2, -0.15) is 0 Å². The second-order valence-electron chi connectivity index (χ2n) is 3.20. The number of rotatable bonds is 2. The monoisotopic (exact) mass is 243 g/mol. The molecule has 15 heavy (non-hydrogen) atoms. The first kappa shape index (κ1) is 10.3. The smallest absolute Gasteiger partial charge is 0.307 e. The molecule has 1 heterocycles. The van der Waals surface area contributed by atoms with Gasteiger partial charge in [0.25, 0.3) is 0 Å². The molecule has 1 aromatic heterocycles. The van der Waals surface area contributed by atoms with E-state index in [1.807, 2.05) is 0 Å². The van der Waals surface area contributed by atoms with Crippen LogP contribution in [0.2, 0.25) is 10.0 Å². The molecule has 1 aromatic carbocycles. The maximum atomic E-state index is 10.6. The average molecular weight is 244 g/mol. The highest BCUT2D eigenvalue weighted by Crippen LogP contribution is 2.29. The van der Waals surface area contributed by atoms with Gasteiger partial charge in [0.15, 0.2) is 0 Å².